The Bertz CT molecular complexity index is 547. The van der Waals surface area contributed by atoms with Crippen molar-refractivity contribution in [3.8, 4) is 0 Å². The summed E-state index contributed by atoms with van der Waals surface area (Å²) in [5.74, 6) is 0.861. The van der Waals surface area contributed by atoms with E-state index >= 15 is 0 Å². The monoisotopic (exact) mass is 279 g/mol. The first-order valence-electron chi connectivity index (χ1n) is 6.46. The van der Waals surface area contributed by atoms with Crippen LogP contribution in [-0.4, -0.2) is 35.3 Å². The van der Waals surface area contributed by atoms with Crippen LogP contribution in [0.25, 0.3) is 10.9 Å². The molecule has 0 atom stereocenters. The average molecular weight is 280 g/mol. The molecule has 1 N–H and O–H groups in total. The Morgan fingerprint density at radius 2 is 1.95 bits per heavy atom. The maximum Gasteiger partial charge on any atom is 0.224 e. The second-order valence-corrected chi connectivity index (χ2v) is 4.88. The molecular formula is C14H18ClN3O. The van der Waals surface area contributed by atoms with E-state index < -0.39 is 0 Å². The molecular weight excluding hydrogens is 262 g/mol. The summed E-state index contributed by atoms with van der Waals surface area (Å²) in [6, 6.07) is 7.86. The summed E-state index contributed by atoms with van der Waals surface area (Å²) in [6.07, 6.45) is 2.88. The number of aliphatic hydroxyl groups is 1. The number of para-hydroxylation sites is 1. The first-order chi connectivity index (χ1) is 9.22. The summed E-state index contributed by atoms with van der Waals surface area (Å²) in [7, 11) is 2.00. The molecule has 0 unspecified atom stereocenters. The fourth-order valence-electron chi connectivity index (χ4n) is 2.07. The number of anilines is 1. The van der Waals surface area contributed by atoms with Crippen molar-refractivity contribution in [2.24, 2.45) is 0 Å². The minimum absolute atomic E-state index is 0.256. The molecule has 19 heavy (non-hydrogen) atoms. The molecule has 1 aromatic heterocycles. The van der Waals surface area contributed by atoms with Crippen LogP contribution in [0.15, 0.2) is 24.3 Å². The topological polar surface area (TPSA) is 49.2 Å². The summed E-state index contributed by atoms with van der Waals surface area (Å²) < 4.78 is 0. The number of fused-ring (bicyclic) bond motifs is 1. The van der Waals surface area contributed by atoms with Crippen LogP contribution in [-0.2, 0) is 0 Å². The number of nitrogens with zero attached hydrogens (tertiary/aromatic N) is 3. The zero-order chi connectivity index (χ0) is 13.7. The summed E-state index contributed by atoms with van der Waals surface area (Å²) >= 11 is 5.97. The van der Waals surface area contributed by atoms with Crippen LogP contribution in [0.1, 0.15) is 19.3 Å². The highest BCUT2D eigenvalue weighted by Crippen LogP contribution is 2.24. The molecule has 1 heterocycles. The average Bonchev–Trinajstić information content (AvgIpc) is 2.42. The number of hydrogen-bond donors (Lipinski definition) is 1. The van der Waals surface area contributed by atoms with Gasteiger partial charge in [0.2, 0.25) is 5.28 Å². The Morgan fingerprint density at radius 3 is 2.74 bits per heavy atom. The van der Waals surface area contributed by atoms with Crippen LogP contribution >= 0.6 is 11.6 Å². The lowest BCUT2D eigenvalue weighted by Crippen LogP contribution is -2.20. The molecule has 0 bridgehead atoms. The molecule has 0 spiro atoms. The fraction of sp³-hybridized carbons (Fsp3) is 0.429. The van der Waals surface area contributed by atoms with Crippen LogP contribution in [0.4, 0.5) is 5.82 Å². The summed E-state index contributed by atoms with van der Waals surface area (Å²) in [5, 5.41) is 10.1. The van der Waals surface area contributed by atoms with Crippen molar-refractivity contribution in [2.45, 2.75) is 19.3 Å². The van der Waals surface area contributed by atoms with E-state index in [1.165, 1.54) is 0 Å². The quantitative estimate of drug-likeness (QED) is 0.652. The third-order valence-corrected chi connectivity index (χ3v) is 3.24. The van der Waals surface area contributed by atoms with Gasteiger partial charge in [0.25, 0.3) is 0 Å². The molecule has 0 saturated heterocycles. The standard InChI is InChI=1S/C14H18ClN3O/c1-18(9-5-2-6-10-19)13-11-7-3-4-8-12(11)16-14(15)17-13/h3-4,7-8,19H,2,5-6,9-10H2,1H3. The van der Waals surface area contributed by atoms with Crippen molar-refractivity contribution < 1.29 is 5.11 Å². The Morgan fingerprint density at radius 1 is 1.16 bits per heavy atom. The van der Waals surface area contributed by atoms with Crippen LogP contribution in [0.2, 0.25) is 5.28 Å². The second-order valence-electron chi connectivity index (χ2n) is 4.54. The molecule has 1 aromatic carbocycles. The van der Waals surface area contributed by atoms with Gasteiger partial charge in [-0.2, -0.15) is 4.98 Å². The number of halogens is 1. The Labute approximate surface area is 118 Å². The number of unbranched alkanes of at least 4 members (excludes halogenated alkanes) is 2. The van der Waals surface area contributed by atoms with E-state index in [1.807, 2.05) is 31.3 Å². The van der Waals surface area contributed by atoms with Crippen LogP contribution in [0.3, 0.4) is 0 Å². The molecule has 2 rings (SSSR count). The summed E-state index contributed by atoms with van der Waals surface area (Å²) in [5.41, 5.74) is 0.861. The van der Waals surface area contributed by atoms with E-state index in [2.05, 4.69) is 14.9 Å². The maximum atomic E-state index is 8.77. The van der Waals surface area contributed by atoms with Gasteiger partial charge in [-0.1, -0.05) is 12.1 Å². The van der Waals surface area contributed by atoms with E-state index in [4.69, 9.17) is 16.7 Å². The highest BCUT2D eigenvalue weighted by atomic mass is 35.5. The van der Waals surface area contributed by atoms with Gasteiger partial charge in [0.05, 0.1) is 5.52 Å². The maximum absolute atomic E-state index is 8.77. The van der Waals surface area contributed by atoms with Gasteiger partial charge >= 0.3 is 0 Å². The van der Waals surface area contributed by atoms with Crippen molar-refractivity contribution in [1.82, 2.24) is 9.97 Å². The molecule has 102 valence electrons. The zero-order valence-corrected chi connectivity index (χ0v) is 11.8. The number of benzene rings is 1. The lowest BCUT2D eigenvalue weighted by molar-refractivity contribution is 0.283. The molecule has 4 nitrogen and oxygen atoms in total. The Hall–Kier alpha value is -1.39. The van der Waals surface area contributed by atoms with Gasteiger partial charge in [-0.05, 0) is 43.0 Å². The minimum Gasteiger partial charge on any atom is -0.396 e. The van der Waals surface area contributed by atoms with Gasteiger partial charge in [-0.25, -0.2) is 4.98 Å². The number of aromatic nitrogens is 2. The fourth-order valence-corrected chi connectivity index (χ4v) is 2.24. The van der Waals surface area contributed by atoms with Crippen molar-refractivity contribution in [2.75, 3.05) is 25.1 Å². The minimum atomic E-state index is 0.256. The SMILES string of the molecule is CN(CCCCCO)c1nc(Cl)nc2ccccc12. The van der Waals surface area contributed by atoms with Crippen molar-refractivity contribution in [1.29, 1.82) is 0 Å². The molecule has 0 saturated carbocycles. The van der Waals surface area contributed by atoms with Gasteiger partial charge in [-0.15, -0.1) is 0 Å². The first-order valence-corrected chi connectivity index (χ1v) is 6.84. The predicted octanol–water partition coefficient (Wildman–Crippen LogP) is 2.88. The van der Waals surface area contributed by atoms with Crippen molar-refractivity contribution >= 4 is 28.3 Å². The van der Waals surface area contributed by atoms with E-state index in [0.717, 1.165) is 42.5 Å². The third kappa shape index (κ3) is 3.55. The first kappa shape index (κ1) is 14.0. The Balaban J connectivity index is 2.18. The molecule has 0 fully saturated rings. The highest BCUT2D eigenvalue weighted by molar-refractivity contribution is 6.28. The van der Waals surface area contributed by atoms with Gasteiger partial charge in [0.15, 0.2) is 0 Å². The van der Waals surface area contributed by atoms with Gasteiger partial charge in [0.1, 0.15) is 5.82 Å². The van der Waals surface area contributed by atoms with E-state index in [1.54, 1.807) is 0 Å². The molecule has 0 aliphatic carbocycles. The van der Waals surface area contributed by atoms with Crippen LogP contribution < -0.4 is 4.90 Å². The van der Waals surface area contributed by atoms with Crippen LogP contribution in [0.5, 0.6) is 0 Å². The highest BCUT2D eigenvalue weighted by Gasteiger charge is 2.10. The molecule has 0 amide bonds. The molecule has 0 aliphatic heterocycles. The van der Waals surface area contributed by atoms with E-state index in [-0.39, 0.29) is 11.9 Å². The van der Waals surface area contributed by atoms with E-state index in [0.29, 0.717) is 0 Å². The van der Waals surface area contributed by atoms with Crippen molar-refractivity contribution in [3.05, 3.63) is 29.5 Å². The molecule has 2 aromatic rings. The summed E-state index contributed by atoms with van der Waals surface area (Å²) in [6.45, 7) is 1.14. The predicted molar refractivity (Wildman–Crippen MR) is 78.8 cm³/mol. The largest absolute Gasteiger partial charge is 0.396 e. The smallest absolute Gasteiger partial charge is 0.224 e. The van der Waals surface area contributed by atoms with Crippen LogP contribution in [0, 0.1) is 0 Å². The number of hydrogen-bond acceptors (Lipinski definition) is 4. The third-order valence-electron chi connectivity index (χ3n) is 3.07. The normalized spacial score (nSPS) is 10.9. The van der Waals surface area contributed by atoms with E-state index in [9.17, 15) is 0 Å². The number of rotatable bonds is 6. The summed E-state index contributed by atoms with van der Waals surface area (Å²) in [4.78, 5) is 10.6. The lowest BCUT2D eigenvalue weighted by atomic mass is 10.2. The second kappa shape index (κ2) is 6.68. The van der Waals surface area contributed by atoms with Crippen molar-refractivity contribution in [3.63, 3.8) is 0 Å². The van der Waals surface area contributed by atoms with Gasteiger partial charge < -0.3 is 10.0 Å². The molecule has 0 radical (unpaired) electrons. The number of aliphatic hydroxyl groups excluding tert-OH is 1. The zero-order valence-electron chi connectivity index (χ0n) is 11.0. The van der Waals surface area contributed by atoms with Gasteiger partial charge in [0, 0.05) is 25.6 Å². The molecule has 0 aliphatic rings. The lowest BCUT2D eigenvalue weighted by Gasteiger charge is -2.19. The Kier molecular flexibility index (Phi) is 4.93. The van der Waals surface area contributed by atoms with Gasteiger partial charge in [-0.3, -0.25) is 0 Å². The molecule has 5 heteroatoms.